The zero-order valence-corrected chi connectivity index (χ0v) is 25.3. The third kappa shape index (κ3) is 3.92. The highest BCUT2D eigenvalue weighted by Crippen LogP contribution is 2.39. The topological polar surface area (TPSA) is 35.9 Å². The predicted molar refractivity (Wildman–Crippen MR) is 194 cm³/mol. The molecule has 10 rings (SSSR count). The fraction of sp³-hybridized carbons (Fsp3) is 0. The van der Waals surface area contributed by atoms with E-state index in [0.29, 0.717) is 0 Å². The first-order valence-corrected chi connectivity index (χ1v) is 15.9. The van der Waals surface area contributed by atoms with Crippen molar-refractivity contribution in [2.45, 2.75) is 0 Å². The van der Waals surface area contributed by atoms with Crippen LogP contribution in [0.5, 0.6) is 0 Å². The Morgan fingerprint density at radius 3 is 1.94 bits per heavy atom. The van der Waals surface area contributed by atoms with Crippen LogP contribution in [0, 0.1) is 0 Å². The fourth-order valence-corrected chi connectivity index (χ4v) is 7.21. The number of aromatic nitrogens is 3. The highest BCUT2D eigenvalue weighted by atomic mass is 16.3. The van der Waals surface area contributed by atoms with Crippen LogP contribution >= 0.6 is 0 Å². The van der Waals surface area contributed by atoms with E-state index in [1.165, 1.54) is 16.3 Å². The van der Waals surface area contributed by atoms with Gasteiger partial charge in [-0.3, -0.25) is 4.57 Å². The molecule has 10 aromatic rings. The van der Waals surface area contributed by atoms with Gasteiger partial charge in [0.15, 0.2) is 0 Å². The van der Waals surface area contributed by atoms with Crippen molar-refractivity contribution >= 4 is 54.8 Å². The summed E-state index contributed by atoms with van der Waals surface area (Å²) in [5.41, 5.74) is 11.7. The zero-order valence-electron chi connectivity index (χ0n) is 25.3. The lowest BCUT2D eigenvalue weighted by atomic mass is 10.0. The SMILES string of the molecule is c1ccc(-c2nc3ccccc3n2-c2ccc(-n3c4ccccc4c4cc(-c5cccc6c5oc5ccccc56)ccc43)cc2)cc1. The average Bonchev–Trinajstić information content (AvgIpc) is 3.82. The Labute approximate surface area is 270 Å². The van der Waals surface area contributed by atoms with Crippen molar-refractivity contribution < 1.29 is 4.42 Å². The standard InChI is InChI=1S/C43H27N3O/c1-2-11-28(12-3-1)43-44-37-17-6-8-19-40(37)46(43)31-24-22-30(23-25-31)45-38-18-7-4-13-33(38)36-27-29(21-26-39(36)45)32-15-10-16-35-34-14-5-9-20-41(34)47-42(32)35/h1-27H. The monoisotopic (exact) mass is 601 g/mol. The second-order valence-electron chi connectivity index (χ2n) is 12.0. The summed E-state index contributed by atoms with van der Waals surface area (Å²) in [4.78, 5) is 5.03. The molecule has 47 heavy (non-hydrogen) atoms. The molecule has 0 atom stereocenters. The van der Waals surface area contributed by atoms with E-state index >= 15 is 0 Å². The lowest BCUT2D eigenvalue weighted by molar-refractivity contribution is 0.670. The number of rotatable bonds is 4. The summed E-state index contributed by atoms with van der Waals surface area (Å²) in [5, 5.41) is 4.71. The van der Waals surface area contributed by atoms with Gasteiger partial charge in [0.1, 0.15) is 17.0 Å². The molecule has 0 fully saturated rings. The van der Waals surface area contributed by atoms with Crippen molar-refractivity contribution in [3.8, 4) is 33.9 Å². The molecular weight excluding hydrogens is 574 g/mol. The third-order valence-corrected chi connectivity index (χ3v) is 9.35. The lowest BCUT2D eigenvalue weighted by Crippen LogP contribution is -1.99. The second-order valence-corrected chi connectivity index (χ2v) is 12.0. The van der Waals surface area contributed by atoms with Crippen LogP contribution in [0.25, 0.3) is 88.7 Å². The summed E-state index contributed by atoms with van der Waals surface area (Å²) in [7, 11) is 0. The summed E-state index contributed by atoms with van der Waals surface area (Å²) < 4.78 is 11.0. The van der Waals surface area contributed by atoms with Crippen molar-refractivity contribution in [2.24, 2.45) is 0 Å². The van der Waals surface area contributed by atoms with Gasteiger partial charge in [-0.2, -0.15) is 0 Å². The molecule has 0 saturated carbocycles. The zero-order chi connectivity index (χ0) is 30.9. The van der Waals surface area contributed by atoms with Crippen LogP contribution in [0.2, 0.25) is 0 Å². The normalized spacial score (nSPS) is 11.8. The van der Waals surface area contributed by atoms with Gasteiger partial charge < -0.3 is 8.98 Å². The maximum atomic E-state index is 6.41. The highest BCUT2D eigenvalue weighted by molar-refractivity contribution is 6.13. The molecule has 7 aromatic carbocycles. The molecule has 0 bridgehead atoms. The minimum Gasteiger partial charge on any atom is -0.455 e. The molecule has 4 heteroatoms. The van der Waals surface area contributed by atoms with Crippen molar-refractivity contribution in [3.63, 3.8) is 0 Å². The van der Waals surface area contributed by atoms with Gasteiger partial charge in [-0.15, -0.1) is 0 Å². The van der Waals surface area contributed by atoms with Crippen LogP contribution in [0.1, 0.15) is 0 Å². The quantitative estimate of drug-likeness (QED) is 0.201. The summed E-state index contributed by atoms with van der Waals surface area (Å²) >= 11 is 0. The summed E-state index contributed by atoms with van der Waals surface area (Å²) in [5.74, 6) is 0.934. The Bertz CT molecular complexity index is 2780. The molecule has 0 unspecified atom stereocenters. The van der Waals surface area contributed by atoms with E-state index in [9.17, 15) is 0 Å². The number of fused-ring (bicyclic) bond motifs is 7. The Kier molecular flexibility index (Phi) is 5.54. The molecule has 3 aromatic heterocycles. The van der Waals surface area contributed by atoms with E-state index in [1.54, 1.807) is 0 Å². The number of furan rings is 1. The van der Waals surface area contributed by atoms with Crippen LogP contribution in [0.3, 0.4) is 0 Å². The summed E-state index contributed by atoms with van der Waals surface area (Å²) in [6.45, 7) is 0. The van der Waals surface area contributed by atoms with E-state index in [-0.39, 0.29) is 0 Å². The first-order chi connectivity index (χ1) is 23.3. The number of imidazole rings is 1. The molecule has 0 aliphatic heterocycles. The molecule has 0 aliphatic rings. The van der Waals surface area contributed by atoms with E-state index in [2.05, 4.69) is 149 Å². The summed E-state index contributed by atoms with van der Waals surface area (Å²) in [6.07, 6.45) is 0. The first kappa shape index (κ1) is 25.9. The molecule has 0 radical (unpaired) electrons. The van der Waals surface area contributed by atoms with Crippen molar-refractivity contribution in [1.82, 2.24) is 14.1 Å². The van der Waals surface area contributed by atoms with E-state index in [4.69, 9.17) is 9.40 Å². The molecule has 3 heterocycles. The number of hydrogen-bond donors (Lipinski definition) is 0. The maximum absolute atomic E-state index is 6.41. The smallest absolute Gasteiger partial charge is 0.145 e. The van der Waals surface area contributed by atoms with Crippen LogP contribution in [0.15, 0.2) is 168 Å². The van der Waals surface area contributed by atoms with Gasteiger partial charge in [0, 0.05) is 44.0 Å². The Balaban J connectivity index is 1.13. The van der Waals surface area contributed by atoms with Crippen LogP contribution in [-0.2, 0) is 0 Å². The number of hydrogen-bond acceptors (Lipinski definition) is 2. The van der Waals surface area contributed by atoms with Crippen molar-refractivity contribution in [1.29, 1.82) is 0 Å². The van der Waals surface area contributed by atoms with Crippen LogP contribution in [0.4, 0.5) is 0 Å². The molecular formula is C43H27N3O. The predicted octanol–water partition coefficient (Wildman–Crippen LogP) is 11.4. The first-order valence-electron chi connectivity index (χ1n) is 15.9. The Morgan fingerprint density at radius 2 is 1.09 bits per heavy atom. The van der Waals surface area contributed by atoms with Crippen LogP contribution in [-0.4, -0.2) is 14.1 Å². The molecule has 0 spiro atoms. The third-order valence-electron chi connectivity index (χ3n) is 9.35. The molecule has 220 valence electrons. The number of nitrogens with zero attached hydrogens (tertiary/aromatic N) is 3. The largest absolute Gasteiger partial charge is 0.455 e. The highest BCUT2D eigenvalue weighted by Gasteiger charge is 2.18. The van der Waals surface area contributed by atoms with E-state index in [1.807, 2.05) is 24.3 Å². The molecule has 0 amide bonds. The maximum Gasteiger partial charge on any atom is 0.145 e. The molecule has 0 saturated heterocycles. The molecule has 0 aliphatic carbocycles. The van der Waals surface area contributed by atoms with Gasteiger partial charge in [-0.1, -0.05) is 103 Å². The summed E-state index contributed by atoms with van der Waals surface area (Å²) in [6, 6.07) is 57.7. The Hall–Kier alpha value is -6.39. The molecule has 4 nitrogen and oxygen atoms in total. The lowest BCUT2D eigenvalue weighted by Gasteiger charge is -2.12. The van der Waals surface area contributed by atoms with Gasteiger partial charge in [0.2, 0.25) is 0 Å². The average molecular weight is 602 g/mol. The number of para-hydroxylation sites is 5. The minimum atomic E-state index is 0.913. The molecule has 0 N–H and O–H groups in total. The van der Waals surface area contributed by atoms with E-state index in [0.717, 1.165) is 72.4 Å². The minimum absolute atomic E-state index is 0.913. The van der Waals surface area contributed by atoms with Crippen molar-refractivity contribution in [2.75, 3.05) is 0 Å². The van der Waals surface area contributed by atoms with Gasteiger partial charge >= 0.3 is 0 Å². The van der Waals surface area contributed by atoms with Crippen LogP contribution < -0.4 is 0 Å². The van der Waals surface area contributed by atoms with Gasteiger partial charge in [0.05, 0.1) is 22.1 Å². The fourth-order valence-electron chi connectivity index (χ4n) is 7.21. The van der Waals surface area contributed by atoms with Gasteiger partial charge in [0.25, 0.3) is 0 Å². The van der Waals surface area contributed by atoms with Gasteiger partial charge in [-0.25, -0.2) is 4.98 Å². The van der Waals surface area contributed by atoms with E-state index < -0.39 is 0 Å². The van der Waals surface area contributed by atoms with Gasteiger partial charge in [-0.05, 0) is 66.2 Å². The Morgan fingerprint density at radius 1 is 0.426 bits per heavy atom. The second kappa shape index (κ2) is 10.1. The van der Waals surface area contributed by atoms with Crippen molar-refractivity contribution in [3.05, 3.63) is 164 Å². The number of benzene rings is 7.